The highest BCUT2D eigenvalue weighted by atomic mass is 32.1. The number of aromatic nitrogens is 1. The summed E-state index contributed by atoms with van der Waals surface area (Å²) < 4.78 is 28.9. The highest BCUT2D eigenvalue weighted by Crippen LogP contribution is 2.37. The maximum atomic E-state index is 13.9. The topological polar surface area (TPSA) is 36.4 Å². The third-order valence-electron chi connectivity index (χ3n) is 4.70. The van der Waals surface area contributed by atoms with Crippen molar-refractivity contribution in [3.8, 4) is 0 Å². The molecule has 0 aliphatic carbocycles. The third-order valence-corrected chi connectivity index (χ3v) is 5.84. The first-order chi connectivity index (χ1) is 12.1. The van der Waals surface area contributed by atoms with E-state index >= 15 is 0 Å². The van der Waals surface area contributed by atoms with Gasteiger partial charge in [-0.25, -0.2) is 13.8 Å². The normalized spacial score (nSPS) is 19.6. The van der Waals surface area contributed by atoms with Gasteiger partial charge in [0, 0.05) is 6.54 Å². The second-order valence-corrected chi connectivity index (χ2v) is 7.39. The van der Waals surface area contributed by atoms with Crippen molar-refractivity contribution in [1.82, 2.24) is 9.88 Å². The minimum atomic E-state index is -1.20. The third kappa shape index (κ3) is 3.17. The van der Waals surface area contributed by atoms with Crippen molar-refractivity contribution in [2.45, 2.75) is 25.0 Å². The molecular weight excluding hydrogens is 342 g/mol. The zero-order chi connectivity index (χ0) is 17.4. The molecule has 3 aromatic rings. The molecule has 0 bridgehead atoms. The molecule has 1 aromatic heterocycles. The van der Waals surface area contributed by atoms with E-state index in [-0.39, 0.29) is 18.2 Å². The van der Waals surface area contributed by atoms with Crippen LogP contribution in [0.25, 0.3) is 10.2 Å². The summed E-state index contributed by atoms with van der Waals surface area (Å²) in [4.78, 5) is 6.78. The van der Waals surface area contributed by atoms with Crippen LogP contribution < -0.4 is 0 Å². The minimum absolute atomic E-state index is 0.0851. The van der Waals surface area contributed by atoms with Crippen molar-refractivity contribution in [3.05, 3.63) is 64.7 Å². The van der Waals surface area contributed by atoms with E-state index in [4.69, 9.17) is 4.98 Å². The lowest BCUT2D eigenvalue weighted by molar-refractivity contribution is 0.100. The standard InChI is InChI=1S/C19H18F2N2OS/c20-12-5-3-6-13(21)18(12)16(24)11-23-10-4-8-15(23)19-22-14-7-1-2-9-17(14)25-19/h1-3,5-7,9,15-16,24H,4,8,10-11H2/t15-,16+/m1/s1. The molecule has 0 unspecified atom stereocenters. The molecule has 0 saturated carbocycles. The van der Waals surface area contributed by atoms with Crippen molar-refractivity contribution in [3.63, 3.8) is 0 Å². The number of hydrogen-bond donors (Lipinski definition) is 1. The summed E-state index contributed by atoms with van der Waals surface area (Å²) >= 11 is 1.64. The van der Waals surface area contributed by atoms with Crippen LogP contribution in [0.4, 0.5) is 8.78 Å². The Bertz CT molecular complexity index is 845. The molecule has 0 spiro atoms. The number of para-hydroxylation sites is 1. The van der Waals surface area contributed by atoms with E-state index in [1.165, 1.54) is 18.2 Å². The molecule has 1 saturated heterocycles. The molecule has 25 heavy (non-hydrogen) atoms. The lowest BCUT2D eigenvalue weighted by atomic mass is 10.1. The van der Waals surface area contributed by atoms with E-state index in [9.17, 15) is 13.9 Å². The average molecular weight is 360 g/mol. The number of aliphatic hydroxyl groups is 1. The predicted molar refractivity (Wildman–Crippen MR) is 94.5 cm³/mol. The summed E-state index contributed by atoms with van der Waals surface area (Å²) in [6.07, 6.45) is 0.718. The van der Waals surface area contributed by atoms with Gasteiger partial charge in [-0.15, -0.1) is 11.3 Å². The fraction of sp³-hybridized carbons (Fsp3) is 0.316. The monoisotopic (exact) mass is 360 g/mol. The summed E-state index contributed by atoms with van der Waals surface area (Å²) in [6, 6.07) is 11.7. The molecule has 4 rings (SSSR count). The number of nitrogens with zero attached hydrogens (tertiary/aromatic N) is 2. The number of thiazole rings is 1. The van der Waals surface area contributed by atoms with Crippen molar-refractivity contribution in [2.24, 2.45) is 0 Å². The Labute approximate surface area is 148 Å². The van der Waals surface area contributed by atoms with Crippen LogP contribution >= 0.6 is 11.3 Å². The second kappa shape index (κ2) is 6.78. The van der Waals surface area contributed by atoms with Crippen molar-refractivity contribution < 1.29 is 13.9 Å². The zero-order valence-electron chi connectivity index (χ0n) is 13.5. The Morgan fingerprint density at radius 2 is 1.92 bits per heavy atom. The number of hydrogen-bond acceptors (Lipinski definition) is 4. The first-order valence-corrected chi connectivity index (χ1v) is 9.16. The van der Waals surface area contributed by atoms with E-state index in [2.05, 4.69) is 4.90 Å². The predicted octanol–water partition coefficient (Wildman–Crippen LogP) is 4.45. The fourth-order valence-electron chi connectivity index (χ4n) is 3.50. The molecule has 2 aromatic carbocycles. The number of fused-ring (bicyclic) bond motifs is 1. The van der Waals surface area contributed by atoms with Crippen LogP contribution in [-0.4, -0.2) is 28.1 Å². The summed E-state index contributed by atoms with van der Waals surface area (Å²) in [5.41, 5.74) is 0.715. The SMILES string of the molecule is O[C@@H](CN1CCC[C@@H]1c1nc2ccccc2s1)c1c(F)cccc1F. The number of aliphatic hydroxyl groups excluding tert-OH is 1. The highest BCUT2D eigenvalue weighted by Gasteiger charge is 2.31. The molecule has 1 aliphatic rings. The number of benzene rings is 2. The molecule has 3 nitrogen and oxygen atoms in total. The van der Waals surface area contributed by atoms with Crippen LogP contribution in [0.5, 0.6) is 0 Å². The van der Waals surface area contributed by atoms with E-state index in [0.717, 1.165) is 34.6 Å². The highest BCUT2D eigenvalue weighted by molar-refractivity contribution is 7.18. The molecular formula is C19H18F2N2OS. The molecule has 0 amide bonds. The Morgan fingerprint density at radius 1 is 1.16 bits per heavy atom. The molecule has 1 N–H and O–H groups in total. The van der Waals surface area contributed by atoms with Crippen LogP contribution in [0.3, 0.4) is 0 Å². The average Bonchev–Trinajstić information content (AvgIpc) is 3.20. The van der Waals surface area contributed by atoms with Crippen molar-refractivity contribution >= 4 is 21.6 Å². The van der Waals surface area contributed by atoms with Gasteiger partial charge < -0.3 is 5.11 Å². The minimum Gasteiger partial charge on any atom is -0.387 e. The number of likely N-dealkylation sites (tertiary alicyclic amines) is 1. The van der Waals surface area contributed by atoms with Crippen molar-refractivity contribution in [1.29, 1.82) is 0 Å². The van der Waals surface area contributed by atoms with Crippen LogP contribution in [0.2, 0.25) is 0 Å². The second-order valence-electron chi connectivity index (χ2n) is 6.32. The van der Waals surface area contributed by atoms with Gasteiger partial charge in [0.2, 0.25) is 0 Å². The van der Waals surface area contributed by atoms with Gasteiger partial charge in [-0.3, -0.25) is 4.90 Å². The molecule has 2 atom stereocenters. The van der Waals surface area contributed by atoms with Crippen LogP contribution in [-0.2, 0) is 0 Å². The van der Waals surface area contributed by atoms with Crippen LogP contribution in [0, 0.1) is 11.6 Å². The molecule has 1 aliphatic heterocycles. The number of β-amino-alcohol motifs (C(OH)–C–C–N with tert-alkyl or cyclic N) is 1. The van der Waals surface area contributed by atoms with E-state index in [1.54, 1.807) is 11.3 Å². The van der Waals surface area contributed by atoms with Crippen LogP contribution in [0.15, 0.2) is 42.5 Å². The zero-order valence-corrected chi connectivity index (χ0v) is 14.3. The van der Waals surface area contributed by atoms with Gasteiger partial charge in [0.1, 0.15) is 16.6 Å². The number of rotatable bonds is 4. The van der Waals surface area contributed by atoms with Gasteiger partial charge in [-0.05, 0) is 43.7 Å². The molecule has 130 valence electrons. The van der Waals surface area contributed by atoms with Crippen molar-refractivity contribution in [2.75, 3.05) is 13.1 Å². The first kappa shape index (κ1) is 16.6. The summed E-state index contributed by atoms with van der Waals surface area (Å²) in [6.45, 7) is 0.978. The maximum absolute atomic E-state index is 13.9. The van der Waals surface area contributed by atoms with Gasteiger partial charge in [0.05, 0.1) is 27.9 Å². The first-order valence-electron chi connectivity index (χ1n) is 8.35. The summed E-state index contributed by atoms with van der Waals surface area (Å²) in [5, 5.41) is 11.4. The van der Waals surface area contributed by atoms with E-state index in [1.807, 2.05) is 24.3 Å². The van der Waals surface area contributed by atoms with Gasteiger partial charge in [0.25, 0.3) is 0 Å². The van der Waals surface area contributed by atoms with E-state index < -0.39 is 17.7 Å². The van der Waals surface area contributed by atoms with Gasteiger partial charge in [0.15, 0.2) is 0 Å². The Hall–Kier alpha value is -1.89. The quantitative estimate of drug-likeness (QED) is 0.747. The molecule has 6 heteroatoms. The lowest BCUT2D eigenvalue weighted by Crippen LogP contribution is -2.29. The Balaban J connectivity index is 1.57. The van der Waals surface area contributed by atoms with Gasteiger partial charge in [-0.2, -0.15) is 0 Å². The van der Waals surface area contributed by atoms with Gasteiger partial charge >= 0.3 is 0 Å². The fourth-order valence-corrected chi connectivity index (χ4v) is 4.64. The molecule has 0 radical (unpaired) electrons. The Morgan fingerprint density at radius 3 is 2.68 bits per heavy atom. The van der Waals surface area contributed by atoms with E-state index in [0.29, 0.717) is 0 Å². The molecule has 2 heterocycles. The smallest absolute Gasteiger partial charge is 0.131 e. The Kier molecular flexibility index (Phi) is 4.50. The van der Waals surface area contributed by atoms with Crippen LogP contribution in [0.1, 0.15) is 35.6 Å². The largest absolute Gasteiger partial charge is 0.387 e. The number of halogens is 2. The lowest BCUT2D eigenvalue weighted by Gasteiger charge is -2.25. The maximum Gasteiger partial charge on any atom is 0.131 e. The summed E-state index contributed by atoms with van der Waals surface area (Å²) in [7, 11) is 0. The summed E-state index contributed by atoms with van der Waals surface area (Å²) in [5.74, 6) is -1.41. The van der Waals surface area contributed by atoms with Gasteiger partial charge in [-0.1, -0.05) is 18.2 Å². The molecule has 1 fully saturated rings.